The Balaban J connectivity index is 1.92. The molecule has 0 aliphatic heterocycles. The molecule has 4 N–H and O–H groups in total. The van der Waals surface area contributed by atoms with Crippen molar-refractivity contribution in [2.45, 2.75) is 13.5 Å². The third kappa shape index (κ3) is 3.49. The normalized spacial score (nSPS) is 10.1. The molecule has 0 aliphatic carbocycles. The zero-order valence-corrected chi connectivity index (χ0v) is 10.9. The lowest BCUT2D eigenvalue weighted by Gasteiger charge is -2.06. The first-order valence-electron chi connectivity index (χ1n) is 5.59. The largest absolute Gasteiger partial charge is 0.380 e. The van der Waals surface area contributed by atoms with Crippen molar-refractivity contribution < 1.29 is 4.79 Å². The van der Waals surface area contributed by atoms with E-state index < -0.39 is 6.03 Å². The highest BCUT2D eigenvalue weighted by atomic mass is 32.1. The van der Waals surface area contributed by atoms with Gasteiger partial charge in [-0.2, -0.15) is 0 Å². The quantitative estimate of drug-likeness (QED) is 0.791. The van der Waals surface area contributed by atoms with Crippen LogP contribution in [0.2, 0.25) is 0 Å². The molecule has 0 saturated carbocycles. The summed E-state index contributed by atoms with van der Waals surface area (Å²) >= 11 is 1.78. The molecule has 0 unspecified atom stereocenters. The first-order chi connectivity index (χ1) is 8.63. The lowest BCUT2D eigenvalue weighted by atomic mass is 10.3. The Hall–Kier alpha value is -2.01. The maximum Gasteiger partial charge on any atom is 0.316 e. The number of hydrogen-bond donors (Lipinski definition) is 3. The zero-order valence-electron chi connectivity index (χ0n) is 10.1. The number of carbonyl (C=O) groups excluding carboxylic acids is 1. The minimum Gasteiger partial charge on any atom is -0.380 e. The summed E-state index contributed by atoms with van der Waals surface area (Å²) in [5.74, 6) is 0. The minimum absolute atomic E-state index is 0.551. The summed E-state index contributed by atoms with van der Waals surface area (Å²) in [5.41, 5.74) is 6.74. The van der Waals surface area contributed by atoms with E-state index in [9.17, 15) is 4.79 Å². The molecule has 0 spiro atoms. The molecule has 0 saturated heterocycles. The van der Waals surface area contributed by atoms with Gasteiger partial charge in [0.15, 0.2) is 0 Å². The van der Waals surface area contributed by atoms with Crippen molar-refractivity contribution in [3.63, 3.8) is 0 Å². The van der Waals surface area contributed by atoms with E-state index in [-0.39, 0.29) is 0 Å². The molecule has 0 fully saturated rings. The Morgan fingerprint density at radius 2 is 1.83 bits per heavy atom. The topological polar surface area (TPSA) is 67.2 Å². The summed E-state index contributed by atoms with van der Waals surface area (Å²) in [6.07, 6.45) is 0. The fourth-order valence-electron chi connectivity index (χ4n) is 1.58. The number of nitrogens with one attached hydrogen (secondary N) is 2. The highest BCUT2D eigenvalue weighted by Crippen LogP contribution is 2.18. The molecule has 0 atom stereocenters. The second-order valence-electron chi connectivity index (χ2n) is 3.93. The summed E-state index contributed by atoms with van der Waals surface area (Å²) in [4.78, 5) is 13.3. The number of amides is 2. The first kappa shape index (κ1) is 12.4. The molecule has 4 nitrogen and oxygen atoms in total. The van der Waals surface area contributed by atoms with Crippen LogP contribution in [0.15, 0.2) is 36.4 Å². The van der Waals surface area contributed by atoms with Gasteiger partial charge in [0.2, 0.25) is 0 Å². The highest BCUT2D eigenvalue weighted by Gasteiger charge is 1.98. The summed E-state index contributed by atoms with van der Waals surface area (Å²) in [6.45, 7) is 2.90. The van der Waals surface area contributed by atoms with E-state index in [4.69, 9.17) is 5.73 Å². The van der Waals surface area contributed by atoms with Crippen LogP contribution < -0.4 is 16.4 Å². The number of thiophene rings is 1. The van der Waals surface area contributed by atoms with Crippen LogP contribution in [0.3, 0.4) is 0 Å². The predicted octanol–water partition coefficient (Wildman–Crippen LogP) is 3.16. The molecule has 94 valence electrons. The number of rotatable bonds is 4. The third-order valence-corrected chi connectivity index (χ3v) is 3.42. The van der Waals surface area contributed by atoms with Crippen LogP contribution in [0.5, 0.6) is 0 Å². The molecule has 5 heteroatoms. The van der Waals surface area contributed by atoms with E-state index in [1.807, 2.05) is 24.3 Å². The van der Waals surface area contributed by atoms with Gasteiger partial charge >= 0.3 is 6.03 Å². The van der Waals surface area contributed by atoms with Gasteiger partial charge in [0.1, 0.15) is 0 Å². The van der Waals surface area contributed by atoms with Crippen LogP contribution in [-0.2, 0) is 6.54 Å². The molecule has 0 aliphatic rings. The predicted molar refractivity (Wildman–Crippen MR) is 76.0 cm³/mol. The van der Waals surface area contributed by atoms with Crippen molar-refractivity contribution in [1.82, 2.24) is 0 Å². The van der Waals surface area contributed by atoms with Crippen molar-refractivity contribution in [3.05, 3.63) is 46.2 Å². The molecule has 0 bridgehead atoms. The summed E-state index contributed by atoms with van der Waals surface area (Å²) in [6, 6.07) is 11.1. The van der Waals surface area contributed by atoms with Crippen LogP contribution in [-0.4, -0.2) is 6.03 Å². The second kappa shape index (κ2) is 5.55. The molecule has 18 heavy (non-hydrogen) atoms. The molecule has 0 radical (unpaired) electrons. The molecular formula is C13H15N3OS. The van der Waals surface area contributed by atoms with E-state index >= 15 is 0 Å². The molecule has 2 rings (SSSR count). The molecular weight excluding hydrogens is 246 g/mol. The van der Waals surface area contributed by atoms with Crippen molar-refractivity contribution in [1.29, 1.82) is 0 Å². The number of nitrogens with two attached hydrogens (primary N) is 1. The number of aryl methyl sites for hydroxylation is 1. The van der Waals surface area contributed by atoms with E-state index in [1.54, 1.807) is 11.3 Å². The van der Waals surface area contributed by atoms with Gasteiger partial charge in [0, 0.05) is 27.7 Å². The highest BCUT2D eigenvalue weighted by molar-refractivity contribution is 7.11. The average molecular weight is 261 g/mol. The van der Waals surface area contributed by atoms with Gasteiger partial charge in [-0.3, -0.25) is 0 Å². The van der Waals surface area contributed by atoms with E-state index in [0.717, 1.165) is 12.2 Å². The number of anilines is 2. The van der Waals surface area contributed by atoms with Crippen LogP contribution in [0, 0.1) is 6.92 Å². The van der Waals surface area contributed by atoms with Gasteiger partial charge in [0.25, 0.3) is 0 Å². The minimum atomic E-state index is -0.551. The maximum atomic E-state index is 10.7. The van der Waals surface area contributed by atoms with E-state index in [2.05, 4.69) is 29.7 Å². The second-order valence-corrected chi connectivity index (χ2v) is 5.30. The molecule has 1 heterocycles. The zero-order chi connectivity index (χ0) is 13.0. The van der Waals surface area contributed by atoms with Gasteiger partial charge in [0.05, 0.1) is 0 Å². The van der Waals surface area contributed by atoms with Crippen molar-refractivity contribution in [2.75, 3.05) is 10.6 Å². The smallest absolute Gasteiger partial charge is 0.316 e. The Kier molecular flexibility index (Phi) is 3.84. The Morgan fingerprint density at radius 1 is 1.17 bits per heavy atom. The first-order valence-corrected chi connectivity index (χ1v) is 6.41. The van der Waals surface area contributed by atoms with Crippen LogP contribution in [0.4, 0.5) is 16.2 Å². The van der Waals surface area contributed by atoms with Gasteiger partial charge in [-0.1, -0.05) is 0 Å². The lowest BCUT2D eigenvalue weighted by Crippen LogP contribution is -2.19. The average Bonchev–Trinajstić information content (AvgIpc) is 2.74. The van der Waals surface area contributed by atoms with Crippen molar-refractivity contribution >= 4 is 28.7 Å². The number of urea groups is 1. The SMILES string of the molecule is Cc1ccc(CNc2ccc(NC(N)=O)cc2)s1. The third-order valence-electron chi connectivity index (χ3n) is 2.42. The van der Waals surface area contributed by atoms with Crippen LogP contribution in [0.25, 0.3) is 0 Å². The van der Waals surface area contributed by atoms with Gasteiger partial charge < -0.3 is 16.4 Å². The maximum absolute atomic E-state index is 10.7. The fraction of sp³-hybridized carbons (Fsp3) is 0.154. The van der Waals surface area contributed by atoms with Gasteiger partial charge in [-0.15, -0.1) is 11.3 Å². The van der Waals surface area contributed by atoms with Crippen LogP contribution in [0.1, 0.15) is 9.75 Å². The van der Waals surface area contributed by atoms with Crippen molar-refractivity contribution in [2.24, 2.45) is 5.73 Å². The number of primary amides is 1. The lowest BCUT2D eigenvalue weighted by molar-refractivity contribution is 0.259. The molecule has 1 aromatic carbocycles. The number of carbonyl (C=O) groups is 1. The van der Waals surface area contributed by atoms with Gasteiger partial charge in [-0.25, -0.2) is 4.79 Å². The molecule has 2 amide bonds. The number of hydrogen-bond acceptors (Lipinski definition) is 3. The Labute approximate surface area is 110 Å². The van der Waals surface area contributed by atoms with Gasteiger partial charge in [-0.05, 0) is 43.3 Å². The van der Waals surface area contributed by atoms with Crippen molar-refractivity contribution in [3.8, 4) is 0 Å². The van der Waals surface area contributed by atoms with E-state index in [1.165, 1.54) is 9.75 Å². The summed E-state index contributed by atoms with van der Waals surface area (Å²) in [5, 5.41) is 5.84. The molecule has 2 aromatic rings. The van der Waals surface area contributed by atoms with E-state index in [0.29, 0.717) is 5.69 Å². The van der Waals surface area contributed by atoms with Crippen LogP contribution >= 0.6 is 11.3 Å². The fourth-order valence-corrected chi connectivity index (χ4v) is 2.41. The number of benzene rings is 1. The Bertz CT molecular complexity index is 533. The Morgan fingerprint density at radius 3 is 2.39 bits per heavy atom. The molecule has 1 aromatic heterocycles. The monoisotopic (exact) mass is 261 g/mol. The summed E-state index contributed by atoms with van der Waals surface area (Å²) in [7, 11) is 0. The standard InChI is InChI=1S/C13H15N3OS/c1-9-2-7-12(18-9)8-15-10-3-5-11(6-4-10)16-13(14)17/h2-7,15H,8H2,1H3,(H3,14,16,17). The summed E-state index contributed by atoms with van der Waals surface area (Å²) < 4.78 is 0.